The van der Waals surface area contributed by atoms with Crippen LogP contribution in [0.2, 0.25) is 0 Å². The van der Waals surface area contributed by atoms with Crippen LogP contribution >= 0.6 is 0 Å². The van der Waals surface area contributed by atoms with Crippen LogP contribution in [0.4, 0.5) is 0 Å². The summed E-state index contributed by atoms with van der Waals surface area (Å²) in [5.41, 5.74) is 0. The molecular formula is C12H23NOS. The number of hydrogen-bond donors (Lipinski definition) is 0. The molecule has 2 nitrogen and oxygen atoms in total. The van der Waals surface area contributed by atoms with Crippen LogP contribution in [-0.2, 0) is 11.0 Å². The molecule has 2 unspecified atom stereocenters. The van der Waals surface area contributed by atoms with Gasteiger partial charge in [0.2, 0.25) is 0 Å². The summed E-state index contributed by atoms with van der Waals surface area (Å²) in [7, 11) is -0.892. The summed E-state index contributed by atoms with van der Waals surface area (Å²) in [6.07, 6.45) is 3.04. The van der Waals surface area contributed by atoms with Gasteiger partial charge in [-0.25, -0.2) is 8.51 Å². The zero-order chi connectivity index (χ0) is 11.8. The third-order valence-corrected chi connectivity index (χ3v) is 4.54. The minimum absolute atomic E-state index is 0.160. The summed E-state index contributed by atoms with van der Waals surface area (Å²) in [6, 6.07) is 0.773. The van der Waals surface area contributed by atoms with Gasteiger partial charge < -0.3 is 0 Å². The lowest BCUT2D eigenvalue weighted by atomic mass is 10.1. The third kappa shape index (κ3) is 2.91. The van der Waals surface area contributed by atoms with Crippen LogP contribution < -0.4 is 0 Å². The Morgan fingerprint density at radius 3 is 2.33 bits per heavy atom. The summed E-state index contributed by atoms with van der Waals surface area (Å²) in [4.78, 5) is 0. The largest absolute Gasteiger partial charge is 0.242 e. The predicted molar refractivity (Wildman–Crippen MR) is 67.0 cm³/mol. The number of rotatable bonds is 4. The summed E-state index contributed by atoms with van der Waals surface area (Å²) >= 11 is 0. The average Bonchev–Trinajstić information content (AvgIpc) is 2.73. The first-order chi connectivity index (χ1) is 6.79. The van der Waals surface area contributed by atoms with Crippen molar-refractivity contribution in [3.8, 4) is 0 Å². The highest BCUT2D eigenvalue weighted by molar-refractivity contribution is 7.84. The van der Waals surface area contributed by atoms with E-state index in [1.54, 1.807) is 0 Å². The molecule has 0 saturated carbocycles. The second-order valence-corrected chi connectivity index (χ2v) is 7.79. The summed E-state index contributed by atoms with van der Waals surface area (Å²) in [5, 5.41) is 0. The Hall–Kier alpha value is -0.150. The fourth-order valence-corrected chi connectivity index (χ4v) is 3.30. The fourth-order valence-electron chi connectivity index (χ4n) is 1.81. The number of nitrogens with zero attached hydrogens (tertiary/aromatic N) is 1. The van der Waals surface area contributed by atoms with Crippen LogP contribution in [0.3, 0.4) is 0 Å². The lowest BCUT2D eigenvalue weighted by Gasteiger charge is -2.19. The van der Waals surface area contributed by atoms with Gasteiger partial charge in [-0.05, 0) is 33.1 Å². The highest BCUT2D eigenvalue weighted by atomic mass is 32.2. The van der Waals surface area contributed by atoms with Gasteiger partial charge in [-0.1, -0.05) is 19.9 Å². The fraction of sp³-hybridized carbons (Fsp3) is 0.833. The van der Waals surface area contributed by atoms with E-state index in [2.05, 4.69) is 24.7 Å². The van der Waals surface area contributed by atoms with Crippen molar-refractivity contribution in [3.63, 3.8) is 0 Å². The maximum absolute atomic E-state index is 12.2. The van der Waals surface area contributed by atoms with E-state index in [1.807, 2.05) is 26.8 Å². The van der Waals surface area contributed by atoms with Crippen molar-refractivity contribution in [2.24, 2.45) is 5.92 Å². The molecule has 0 aliphatic carbocycles. The molecule has 3 heteroatoms. The summed E-state index contributed by atoms with van der Waals surface area (Å²) in [6.45, 7) is 14.3. The van der Waals surface area contributed by atoms with Crippen LogP contribution in [0, 0.1) is 5.92 Å². The Kier molecular flexibility index (Phi) is 3.77. The van der Waals surface area contributed by atoms with Crippen molar-refractivity contribution in [1.82, 2.24) is 4.31 Å². The van der Waals surface area contributed by atoms with Crippen molar-refractivity contribution in [3.05, 3.63) is 12.7 Å². The third-order valence-electron chi connectivity index (χ3n) is 2.59. The highest BCUT2D eigenvalue weighted by Gasteiger charge is 2.51. The molecule has 0 bridgehead atoms. The molecule has 0 spiro atoms. The van der Waals surface area contributed by atoms with Crippen LogP contribution in [0.25, 0.3) is 0 Å². The molecule has 0 amide bonds. The Morgan fingerprint density at radius 1 is 1.47 bits per heavy atom. The summed E-state index contributed by atoms with van der Waals surface area (Å²) in [5.74, 6) is 0.652. The second-order valence-electron chi connectivity index (χ2n) is 5.64. The van der Waals surface area contributed by atoms with Gasteiger partial charge in [-0.3, -0.25) is 0 Å². The Bertz CT molecular complexity index is 267. The SMILES string of the molecule is C=C[C@@H]1[C@@H](CC(C)C)N1S(=O)C(C)(C)C. The molecule has 1 aliphatic heterocycles. The quantitative estimate of drug-likeness (QED) is 0.536. The minimum atomic E-state index is -0.892. The lowest BCUT2D eigenvalue weighted by Crippen LogP contribution is -2.28. The van der Waals surface area contributed by atoms with Crippen molar-refractivity contribution in [2.45, 2.75) is 57.9 Å². The van der Waals surface area contributed by atoms with E-state index in [1.165, 1.54) is 0 Å². The van der Waals surface area contributed by atoms with Gasteiger partial charge in [0.1, 0.15) is 11.0 Å². The number of hydrogen-bond acceptors (Lipinski definition) is 1. The predicted octanol–water partition coefficient (Wildman–Crippen LogP) is 2.73. The van der Waals surface area contributed by atoms with Crippen LogP contribution in [-0.4, -0.2) is 25.3 Å². The maximum atomic E-state index is 12.2. The Balaban J connectivity index is 2.65. The van der Waals surface area contributed by atoms with Gasteiger partial charge >= 0.3 is 0 Å². The summed E-state index contributed by atoms with van der Waals surface area (Å²) < 4.78 is 14.1. The monoisotopic (exact) mass is 229 g/mol. The zero-order valence-corrected chi connectivity index (χ0v) is 11.3. The molecule has 4 atom stereocenters. The van der Waals surface area contributed by atoms with Crippen LogP contribution in [0.15, 0.2) is 12.7 Å². The first-order valence-electron chi connectivity index (χ1n) is 5.62. The van der Waals surface area contributed by atoms with Crippen LogP contribution in [0.1, 0.15) is 41.0 Å². The topological polar surface area (TPSA) is 20.1 Å². The van der Waals surface area contributed by atoms with E-state index in [-0.39, 0.29) is 4.75 Å². The molecule has 1 saturated heterocycles. The van der Waals surface area contributed by atoms with Crippen LogP contribution in [0.5, 0.6) is 0 Å². The molecule has 1 rings (SSSR count). The normalized spacial score (nSPS) is 32.8. The lowest BCUT2D eigenvalue weighted by molar-refractivity contribution is 0.536. The zero-order valence-electron chi connectivity index (χ0n) is 10.5. The van der Waals surface area contributed by atoms with Gasteiger partial charge in [0, 0.05) is 6.04 Å². The first kappa shape index (κ1) is 12.9. The van der Waals surface area contributed by atoms with Crippen molar-refractivity contribution >= 4 is 11.0 Å². The second kappa shape index (κ2) is 4.38. The maximum Gasteiger partial charge on any atom is 0.101 e. The minimum Gasteiger partial charge on any atom is -0.242 e. The van der Waals surface area contributed by atoms with E-state index < -0.39 is 11.0 Å². The van der Waals surface area contributed by atoms with Gasteiger partial charge in [-0.2, -0.15) is 0 Å². The van der Waals surface area contributed by atoms with Crippen molar-refractivity contribution in [1.29, 1.82) is 0 Å². The molecule has 15 heavy (non-hydrogen) atoms. The molecule has 0 aromatic heterocycles. The smallest absolute Gasteiger partial charge is 0.101 e. The molecule has 1 fully saturated rings. The van der Waals surface area contributed by atoms with E-state index in [9.17, 15) is 4.21 Å². The molecule has 0 N–H and O–H groups in total. The van der Waals surface area contributed by atoms with E-state index in [4.69, 9.17) is 0 Å². The Morgan fingerprint density at radius 2 is 2.00 bits per heavy atom. The van der Waals surface area contributed by atoms with Gasteiger partial charge in [-0.15, -0.1) is 6.58 Å². The molecular weight excluding hydrogens is 206 g/mol. The van der Waals surface area contributed by atoms with E-state index >= 15 is 0 Å². The van der Waals surface area contributed by atoms with E-state index in [0.717, 1.165) is 6.42 Å². The molecule has 0 aromatic rings. The standard InChI is InChI=1S/C12H23NOS/c1-7-10-11(8-9(2)3)13(10)15(14)12(4,5)6/h7,9-11H,1,8H2,2-6H3/t10-,11-,13?,15?/m1/s1. The molecule has 0 aromatic carbocycles. The van der Waals surface area contributed by atoms with E-state index in [0.29, 0.717) is 18.0 Å². The molecule has 1 aliphatic rings. The van der Waals surface area contributed by atoms with Crippen molar-refractivity contribution < 1.29 is 4.21 Å². The molecule has 1 heterocycles. The van der Waals surface area contributed by atoms with Gasteiger partial charge in [0.25, 0.3) is 0 Å². The van der Waals surface area contributed by atoms with Gasteiger partial charge in [0.05, 0.1) is 10.8 Å². The molecule has 88 valence electrons. The Labute approximate surface area is 96.3 Å². The van der Waals surface area contributed by atoms with Crippen molar-refractivity contribution in [2.75, 3.05) is 0 Å². The van der Waals surface area contributed by atoms with Gasteiger partial charge in [0.15, 0.2) is 0 Å². The average molecular weight is 229 g/mol. The first-order valence-corrected chi connectivity index (χ1v) is 6.72. The molecule has 0 radical (unpaired) electrons. The highest BCUT2D eigenvalue weighted by Crippen LogP contribution is 2.39.